The van der Waals surface area contributed by atoms with Crippen LogP contribution in [0.15, 0.2) is 30.6 Å². The topological polar surface area (TPSA) is 84.2 Å². The molecule has 1 saturated heterocycles. The molecule has 0 radical (unpaired) electrons. The van der Waals surface area contributed by atoms with Gasteiger partial charge in [0.15, 0.2) is 0 Å². The third-order valence-electron chi connectivity index (χ3n) is 4.73. The van der Waals surface area contributed by atoms with E-state index in [-0.39, 0.29) is 22.5 Å². The van der Waals surface area contributed by atoms with Gasteiger partial charge >= 0.3 is 5.69 Å². The summed E-state index contributed by atoms with van der Waals surface area (Å²) in [7, 11) is 0. The van der Waals surface area contributed by atoms with E-state index in [2.05, 4.69) is 27.1 Å². The molecule has 8 heteroatoms. The van der Waals surface area contributed by atoms with Gasteiger partial charge in [-0.2, -0.15) is 0 Å². The standard InChI is InChI=1S/C18H22ClN5O2/c1-2-15-5-3-4-10-23(15)18-16(24(25)26)17(21-12-22-18)20-11-13-6-8-14(19)9-7-13/h6-9,12,15H,2-5,10-11H2,1H3,(H,20,21,22). The molecule has 1 aliphatic rings. The number of hydrogen-bond donors (Lipinski definition) is 1. The molecule has 0 amide bonds. The predicted molar refractivity (Wildman–Crippen MR) is 103 cm³/mol. The number of piperidine rings is 1. The van der Waals surface area contributed by atoms with Crippen LogP contribution in [-0.4, -0.2) is 27.5 Å². The summed E-state index contributed by atoms with van der Waals surface area (Å²) in [6, 6.07) is 7.61. The van der Waals surface area contributed by atoms with Gasteiger partial charge in [0.1, 0.15) is 6.33 Å². The second-order valence-corrected chi connectivity index (χ2v) is 6.82. The quantitative estimate of drug-likeness (QED) is 0.594. The average Bonchev–Trinajstić information content (AvgIpc) is 2.67. The molecule has 1 N–H and O–H groups in total. The number of benzene rings is 1. The van der Waals surface area contributed by atoms with Crippen molar-refractivity contribution in [2.75, 3.05) is 16.8 Å². The largest absolute Gasteiger partial charge is 0.360 e. The molecule has 138 valence electrons. The molecule has 0 saturated carbocycles. The van der Waals surface area contributed by atoms with Gasteiger partial charge in [-0.1, -0.05) is 30.7 Å². The Morgan fingerprint density at radius 3 is 2.77 bits per heavy atom. The minimum absolute atomic E-state index is 0.0539. The van der Waals surface area contributed by atoms with E-state index in [1.807, 2.05) is 12.1 Å². The van der Waals surface area contributed by atoms with E-state index < -0.39 is 0 Å². The zero-order valence-corrected chi connectivity index (χ0v) is 15.4. The number of aromatic nitrogens is 2. The van der Waals surface area contributed by atoms with Crippen molar-refractivity contribution in [2.45, 2.75) is 45.2 Å². The summed E-state index contributed by atoms with van der Waals surface area (Å²) in [6.07, 6.45) is 5.54. The molecule has 7 nitrogen and oxygen atoms in total. The smallest absolute Gasteiger partial charge is 0.353 e. The second kappa shape index (κ2) is 8.31. The van der Waals surface area contributed by atoms with E-state index in [0.29, 0.717) is 17.4 Å². The highest BCUT2D eigenvalue weighted by molar-refractivity contribution is 6.30. The molecular formula is C18H22ClN5O2. The molecule has 1 atom stereocenters. The lowest BCUT2D eigenvalue weighted by Gasteiger charge is -2.35. The average molecular weight is 376 g/mol. The van der Waals surface area contributed by atoms with Crippen molar-refractivity contribution < 1.29 is 4.92 Å². The van der Waals surface area contributed by atoms with Crippen LogP contribution in [0.3, 0.4) is 0 Å². The first-order valence-electron chi connectivity index (χ1n) is 8.84. The van der Waals surface area contributed by atoms with Crippen LogP contribution in [0.25, 0.3) is 0 Å². The molecular weight excluding hydrogens is 354 g/mol. The molecule has 1 aromatic heterocycles. The molecule has 1 aliphatic heterocycles. The lowest BCUT2D eigenvalue weighted by Crippen LogP contribution is -2.40. The van der Waals surface area contributed by atoms with Gasteiger partial charge in [-0.25, -0.2) is 9.97 Å². The second-order valence-electron chi connectivity index (χ2n) is 6.38. The van der Waals surface area contributed by atoms with Gasteiger partial charge in [-0.3, -0.25) is 10.1 Å². The van der Waals surface area contributed by atoms with Crippen LogP contribution >= 0.6 is 11.6 Å². The molecule has 0 aliphatic carbocycles. The van der Waals surface area contributed by atoms with Gasteiger partial charge in [0.05, 0.1) is 4.92 Å². The monoisotopic (exact) mass is 375 g/mol. The fourth-order valence-corrected chi connectivity index (χ4v) is 3.50. The van der Waals surface area contributed by atoms with Crippen molar-refractivity contribution in [1.29, 1.82) is 0 Å². The van der Waals surface area contributed by atoms with Gasteiger partial charge in [0.25, 0.3) is 0 Å². The number of rotatable bonds is 6. The number of nitro groups is 1. The third kappa shape index (κ3) is 4.04. The number of hydrogen-bond acceptors (Lipinski definition) is 6. The van der Waals surface area contributed by atoms with Crippen molar-refractivity contribution in [3.63, 3.8) is 0 Å². The van der Waals surface area contributed by atoms with Gasteiger partial charge < -0.3 is 10.2 Å². The van der Waals surface area contributed by atoms with Gasteiger partial charge in [-0.15, -0.1) is 0 Å². The van der Waals surface area contributed by atoms with Crippen molar-refractivity contribution >= 4 is 28.9 Å². The van der Waals surface area contributed by atoms with Gasteiger partial charge in [0.2, 0.25) is 11.6 Å². The van der Waals surface area contributed by atoms with E-state index >= 15 is 0 Å². The summed E-state index contributed by atoms with van der Waals surface area (Å²) >= 11 is 5.89. The van der Waals surface area contributed by atoms with Crippen molar-refractivity contribution in [1.82, 2.24) is 9.97 Å². The maximum Gasteiger partial charge on any atom is 0.353 e. The van der Waals surface area contributed by atoms with E-state index in [4.69, 9.17) is 11.6 Å². The minimum atomic E-state index is -0.388. The molecule has 1 aromatic carbocycles. The van der Waals surface area contributed by atoms with Crippen molar-refractivity contribution in [2.24, 2.45) is 0 Å². The molecule has 0 bridgehead atoms. The maximum atomic E-state index is 11.8. The fourth-order valence-electron chi connectivity index (χ4n) is 3.37. The molecule has 1 fully saturated rings. The Balaban J connectivity index is 1.88. The van der Waals surface area contributed by atoms with E-state index in [1.54, 1.807) is 12.1 Å². The predicted octanol–water partition coefficient (Wildman–Crippen LogP) is 4.42. The lowest BCUT2D eigenvalue weighted by atomic mass is 10.00. The highest BCUT2D eigenvalue weighted by Crippen LogP contribution is 2.36. The summed E-state index contributed by atoms with van der Waals surface area (Å²) in [6.45, 7) is 3.31. The first-order valence-corrected chi connectivity index (χ1v) is 9.22. The van der Waals surface area contributed by atoms with Crippen LogP contribution in [0.1, 0.15) is 38.2 Å². The summed E-state index contributed by atoms with van der Waals surface area (Å²) < 4.78 is 0. The first kappa shape index (κ1) is 18.4. The Morgan fingerprint density at radius 2 is 2.08 bits per heavy atom. The Kier molecular flexibility index (Phi) is 5.88. The fraction of sp³-hybridized carbons (Fsp3) is 0.444. The Hall–Kier alpha value is -2.41. The number of halogens is 1. The molecule has 2 heterocycles. The first-order chi connectivity index (χ1) is 12.6. The van der Waals surface area contributed by atoms with E-state index in [0.717, 1.165) is 37.8 Å². The number of nitrogens with one attached hydrogen (secondary N) is 1. The summed E-state index contributed by atoms with van der Waals surface area (Å²) in [5, 5.41) is 15.5. The summed E-state index contributed by atoms with van der Waals surface area (Å²) in [5.41, 5.74) is 0.912. The van der Waals surface area contributed by atoms with Crippen LogP contribution < -0.4 is 10.2 Å². The van der Waals surface area contributed by atoms with Crippen LogP contribution in [0.4, 0.5) is 17.3 Å². The van der Waals surface area contributed by atoms with Crippen molar-refractivity contribution in [3.05, 3.63) is 51.3 Å². The number of anilines is 2. The Labute approximate surface area is 157 Å². The molecule has 0 spiro atoms. The van der Waals surface area contributed by atoms with Crippen LogP contribution in [0.2, 0.25) is 5.02 Å². The SMILES string of the molecule is CCC1CCCCN1c1ncnc(NCc2ccc(Cl)cc2)c1[N+](=O)[O-]. The van der Waals surface area contributed by atoms with E-state index in [9.17, 15) is 10.1 Å². The van der Waals surface area contributed by atoms with Gasteiger partial charge in [-0.05, 0) is 43.4 Å². The number of nitrogens with zero attached hydrogens (tertiary/aromatic N) is 4. The molecule has 3 rings (SSSR count). The zero-order chi connectivity index (χ0) is 18.5. The van der Waals surface area contributed by atoms with Crippen molar-refractivity contribution in [3.8, 4) is 0 Å². The van der Waals surface area contributed by atoms with Gasteiger partial charge in [0, 0.05) is 24.2 Å². The molecule has 26 heavy (non-hydrogen) atoms. The Bertz CT molecular complexity index is 769. The summed E-state index contributed by atoms with van der Waals surface area (Å²) in [4.78, 5) is 21.8. The maximum absolute atomic E-state index is 11.8. The molecule has 1 unspecified atom stereocenters. The molecule has 2 aromatic rings. The highest BCUT2D eigenvalue weighted by atomic mass is 35.5. The third-order valence-corrected chi connectivity index (χ3v) is 4.98. The highest BCUT2D eigenvalue weighted by Gasteiger charge is 2.31. The van der Waals surface area contributed by atoms with Crippen LogP contribution in [0, 0.1) is 10.1 Å². The van der Waals surface area contributed by atoms with Crippen LogP contribution in [0.5, 0.6) is 0 Å². The normalized spacial score (nSPS) is 17.2. The van der Waals surface area contributed by atoms with Crippen LogP contribution in [-0.2, 0) is 6.54 Å². The lowest BCUT2D eigenvalue weighted by molar-refractivity contribution is -0.383. The van der Waals surface area contributed by atoms with E-state index in [1.165, 1.54) is 6.33 Å². The Morgan fingerprint density at radius 1 is 1.31 bits per heavy atom. The summed E-state index contributed by atoms with van der Waals surface area (Å²) in [5.74, 6) is 0.658. The minimum Gasteiger partial charge on any atom is -0.360 e. The zero-order valence-electron chi connectivity index (χ0n) is 14.7.